The van der Waals surface area contributed by atoms with Crippen LogP contribution in [-0.2, 0) is 6.54 Å². The first-order valence-electron chi connectivity index (χ1n) is 8.65. The number of pyridine rings is 1. The number of methoxy groups -OCH3 is 2. The molecule has 0 atom stereocenters. The zero-order chi connectivity index (χ0) is 20.0. The number of benzene rings is 1. The number of anilines is 1. The second kappa shape index (κ2) is 6.59. The van der Waals surface area contributed by atoms with E-state index in [0.717, 1.165) is 0 Å². The first-order valence-corrected chi connectivity index (χ1v) is 8.65. The van der Waals surface area contributed by atoms with E-state index in [9.17, 15) is 9.18 Å². The summed E-state index contributed by atoms with van der Waals surface area (Å²) in [5.41, 5.74) is 8.29. The van der Waals surface area contributed by atoms with E-state index >= 15 is 0 Å². The molecule has 3 aromatic rings. The van der Waals surface area contributed by atoms with Crippen LogP contribution in [0.4, 0.5) is 10.1 Å². The maximum absolute atomic E-state index is 14.9. The van der Waals surface area contributed by atoms with Gasteiger partial charge in [0, 0.05) is 18.1 Å². The van der Waals surface area contributed by atoms with Gasteiger partial charge in [-0.15, -0.1) is 0 Å². The largest absolute Gasteiger partial charge is 0.480 e. The quantitative estimate of drug-likeness (QED) is 0.738. The molecule has 1 amide bonds. The van der Waals surface area contributed by atoms with E-state index < -0.39 is 5.82 Å². The number of rotatable bonds is 4. The van der Waals surface area contributed by atoms with Gasteiger partial charge in [0.1, 0.15) is 5.82 Å². The number of nitrogens with zero attached hydrogens (tertiary/aromatic N) is 4. The Balaban J connectivity index is 2.03. The fourth-order valence-corrected chi connectivity index (χ4v) is 3.43. The Morgan fingerprint density at radius 2 is 2.00 bits per heavy atom. The first-order chi connectivity index (χ1) is 13.5. The monoisotopic (exact) mass is 383 g/mol. The standard InChI is InChI=1S/C19H18FN5O3/c1-4-25-8-12-14(18(25)26)15(21)9-5-6-11(20)13(16(9)23-12)10-7-22-19(28-3)24-17(10)27-2/h5-7H,4,8H2,1-3H3,(H2,21,23). The molecule has 0 aliphatic carbocycles. The lowest BCUT2D eigenvalue weighted by molar-refractivity contribution is 0.0787. The van der Waals surface area contributed by atoms with Gasteiger partial charge in [-0.2, -0.15) is 4.98 Å². The average Bonchev–Trinajstić information content (AvgIpc) is 3.03. The molecule has 1 aromatic carbocycles. The highest BCUT2D eigenvalue weighted by molar-refractivity contribution is 6.11. The Morgan fingerprint density at radius 3 is 2.68 bits per heavy atom. The maximum Gasteiger partial charge on any atom is 0.319 e. The SMILES string of the molecule is CCN1Cc2nc3c(-c4cnc(OC)nc4OC)c(F)ccc3c(N)c2C1=O. The lowest BCUT2D eigenvalue weighted by Crippen LogP contribution is -2.23. The van der Waals surface area contributed by atoms with Crippen molar-refractivity contribution in [2.75, 3.05) is 26.5 Å². The van der Waals surface area contributed by atoms with Gasteiger partial charge >= 0.3 is 6.01 Å². The molecule has 0 fully saturated rings. The van der Waals surface area contributed by atoms with Crippen LogP contribution in [-0.4, -0.2) is 46.5 Å². The van der Waals surface area contributed by atoms with Crippen LogP contribution in [0.15, 0.2) is 18.3 Å². The summed E-state index contributed by atoms with van der Waals surface area (Å²) >= 11 is 0. The van der Waals surface area contributed by atoms with Crippen molar-refractivity contribution in [3.63, 3.8) is 0 Å². The molecule has 0 saturated carbocycles. The maximum atomic E-state index is 14.9. The molecule has 1 aliphatic heterocycles. The van der Waals surface area contributed by atoms with Crippen LogP contribution in [0.5, 0.6) is 11.9 Å². The third-order valence-corrected chi connectivity index (χ3v) is 4.82. The molecule has 0 spiro atoms. The molecule has 3 heterocycles. The van der Waals surface area contributed by atoms with Crippen molar-refractivity contribution in [3.8, 4) is 23.0 Å². The highest BCUT2D eigenvalue weighted by Crippen LogP contribution is 2.40. The third-order valence-electron chi connectivity index (χ3n) is 4.82. The second-order valence-electron chi connectivity index (χ2n) is 6.26. The van der Waals surface area contributed by atoms with Crippen molar-refractivity contribution in [1.82, 2.24) is 19.9 Å². The zero-order valence-corrected chi connectivity index (χ0v) is 15.6. The van der Waals surface area contributed by atoms with E-state index in [1.165, 1.54) is 32.5 Å². The van der Waals surface area contributed by atoms with Crippen LogP contribution in [0.2, 0.25) is 0 Å². The minimum atomic E-state index is -0.525. The number of amides is 1. The number of halogens is 1. The van der Waals surface area contributed by atoms with Gasteiger partial charge in [0.25, 0.3) is 5.91 Å². The highest BCUT2D eigenvalue weighted by atomic mass is 19.1. The predicted molar refractivity (Wildman–Crippen MR) is 101 cm³/mol. The Labute approximate surface area is 160 Å². The van der Waals surface area contributed by atoms with E-state index in [0.29, 0.717) is 40.8 Å². The molecule has 0 radical (unpaired) electrons. The van der Waals surface area contributed by atoms with E-state index in [2.05, 4.69) is 15.0 Å². The molecule has 0 unspecified atom stereocenters. The minimum Gasteiger partial charge on any atom is -0.480 e. The number of nitrogens with two attached hydrogens (primary N) is 1. The Kier molecular flexibility index (Phi) is 4.21. The molecule has 8 nitrogen and oxygen atoms in total. The van der Waals surface area contributed by atoms with Gasteiger partial charge in [0.05, 0.1) is 54.4 Å². The van der Waals surface area contributed by atoms with Crippen LogP contribution in [0, 0.1) is 5.82 Å². The van der Waals surface area contributed by atoms with Crippen molar-refractivity contribution in [1.29, 1.82) is 0 Å². The van der Waals surface area contributed by atoms with Crippen LogP contribution in [0.1, 0.15) is 23.0 Å². The number of carbonyl (C=O) groups is 1. The number of nitrogen functional groups attached to an aromatic ring is 1. The summed E-state index contributed by atoms with van der Waals surface area (Å²) in [7, 11) is 2.85. The Morgan fingerprint density at radius 1 is 1.21 bits per heavy atom. The lowest BCUT2D eigenvalue weighted by atomic mass is 10.00. The van der Waals surface area contributed by atoms with Crippen LogP contribution >= 0.6 is 0 Å². The van der Waals surface area contributed by atoms with Gasteiger partial charge in [0.2, 0.25) is 5.88 Å². The van der Waals surface area contributed by atoms with Crippen LogP contribution < -0.4 is 15.2 Å². The lowest BCUT2D eigenvalue weighted by Gasteiger charge is -2.13. The van der Waals surface area contributed by atoms with E-state index in [1.54, 1.807) is 4.90 Å². The predicted octanol–water partition coefficient (Wildman–Crippen LogP) is 2.41. The zero-order valence-electron chi connectivity index (χ0n) is 15.6. The summed E-state index contributed by atoms with van der Waals surface area (Å²) in [6.45, 7) is 2.74. The van der Waals surface area contributed by atoms with E-state index in [4.69, 9.17) is 15.2 Å². The van der Waals surface area contributed by atoms with Gasteiger partial charge in [-0.25, -0.2) is 14.4 Å². The third kappa shape index (κ3) is 2.50. The summed E-state index contributed by atoms with van der Waals surface area (Å²) in [5.74, 6) is -0.547. The number of hydrogen-bond donors (Lipinski definition) is 1. The van der Waals surface area contributed by atoms with Gasteiger partial charge in [-0.3, -0.25) is 4.79 Å². The van der Waals surface area contributed by atoms with Gasteiger partial charge in [0.15, 0.2) is 0 Å². The molecule has 0 bridgehead atoms. The normalized spacial score (nSPS) is 13.1. The van der Waals surface area contributed by atoms with Crippen molar-refractivity contribution in [3.05, 3.63) is 35.4 Å². The molecular weight excluding hydrogens is 365 g/mol. The average molecular weight is 383 g/mol. The minimum absolute atomic E-state index is 0.0961. The second-order valence-corrected chi connectivity index (χ2v) is 6.26. The summed E-state index contributed by atoms with van der Waals surface area (Å²) in [6.07, 6.45) is 1.41. The van der Waals surface area contributed by atoms with Crippen molar-refractivity contribution in [2.45, 2.75) is 13.5 Å². The molecule has 2 aromatic heterocycles. The molecule has 9 heteroatoms. The summed E-state index contributed by atoms with van der Waals surface area (Å²) in [6, 6.07) is 2.90. The topological polar surface area (TPSA) is 103 Å². The van der Waals surface area contributed by atoms with Crippen LogP contribution in [0.3, 0.4) is 0 Å². The number of ether oxygens (including phenoxy) is 2. The van der Waals surface area contributed by atoms with E-state index in [1.807, 2.05) is 6.92 Å². The first kappa shape index (κ1) is 17.9. The number of fused-ring (bicyclic) bond motifs is 2. The molecule has 144 valence electrons. The molecule has 0 saturated heterocycles. The molecule has 4 rings (SSSR count). The van der Waals surface area contributed by atoms with E-state index in [-0.39, 0.29) is 29.0 Å². The molecule has 1 aliphatic rings. The van der Waals surface area contributed by atoms with Gasteiger partial charge in [-0.1, -0.05) is 0 Å². The number of carbonyl (C=O) groups excluding carboxylic acids is 1. The van der Waals surface area contributed by atoms with Crippen molar-refractivity contribution in [2.24, 2.45) is 0 Å². The summed E-state index contributed by atoms with van der Waals surface area (Å²) in [4.78, 5) is 27.0. The fourth-order valence-electron chi connectivity index (χ4n) is 3.43. The molecule has 28 heavy (non-hydrogen) atoms. The van der Waals surface area contributed by atoms with Gasteiger partial charge in [-0.05, 0) is 19.1 Å². The highest BCUT2D eigenvalue weighted by Gasteiger charge is 2.32. The smallest absolute Gasteiger partial charge is 0.319 e. The Bertz CT molecular complexity index is 1120. The summed E-state index contributed by atoms with van der Waals surface area (Å²) < 4.78 is 25.2. The number of hydrogen-bond acceptors (Lipinski definition) is 7. The molecule has 2 N–H and O–H groups in total. The van der Waals surface area contributed by atoms with Crippen molar-refractivity contribution < 1.29 is 18.7 Å². The van der Waals surface area contributed by atoms with Crippen LogP contribution in [0.25, 0.3) is 22.0 Å². The number of aromatic nitrogens is 3. The fraction of sp³-hybridized carbons (Fsp3) is 0.263. The Hall–Kier alpha value is -3.49. The summed E-state index contributed by atoms with van der Waals surface area (Å²) in [5, 5.41) is 0.485. The van der Waals surface area contributed by atoms with Crippen molar-refractivity contribution >= 4 is 22.5 Å². The molecular formula is C19H18FN5O3. The van der Waals surface area contributed by atoms with Gasteiger partial charge < -0.3 is 20.1 Å².